The number of Topliss-reactive ketones (excluding diaryl/α,β-unsaturated/α-hetero) is 1. The molecular weight excluding hydrogens is 200 g/mol. The predicted molar refractivity (Wildman–Crippen MR) is 64.5 cm³/mol. The van der Waals surface area contributed by atoms with E-state index in [0.29, 0.717) is 13.0 Å². The van der Waals surface area contributed by atoms with Gasteiger partial charge >= 0.3 is 0 Å². The minimum absolute atomic E-state index is 0.0872. The van der Waals surface area contributed by atoms with Crippen molar-refractivity contribution in [2.75, 3.05) is 6.54 Å². The average Bonchev–Trinajstić information content (AvgIpc) is 2.28. The van der Waals surface area contributed by atoms with Crippen LogP contribution in [0.2, 0.25) is 0 Å². The lowest BCUT2D eigenvalue weighted by molar-refractivity contribution is 0.0987. The van der Waals surface area contributed by atoms with E-state index in [1.807, 2.05) is 37.3 Å². The van der Waals surface area contributed by atoms with Crippen molar-refractivity contribution >= 4 is 16.7 Å². The summed E-state index contributed by atoms with van der Waals surface area (Å²) in [4.78, 5) is 16.3. The standard InChI is InChI=1S/C13H14N2O/c1-9-8-11(13(16)6-7-14)10-4-2-3-5-12(10)15-9/h2-5,8H,6-7,14H2,1H3. The number of benzene rings is 1. The molecule has 82 valence electrons. The Morgan fingerprint density at radius 2 is 2.12 bits per heavy atom. The van der Waals surface area contributed by atoms with Crippen LogP contribution in [0.3, 0.4) is 0 Å². The van der Waals surface area contributed by atoms with Crippen molar-refractivity contribution in [1.29, 1.82) is 0 Å². The van der Waals surface area contributed by atoms with Gasteiger partial charge < -0.3 is 5.73 Å². The lowest BCUT2D eigenvalue weighted by Crippen LogP contribution is -2.09. The summed E-state index contributed by atoms with van der Waals surface area (Å²) in [6, 6.07) is 9.51. The third kappa shape index (κ3) is 1.95. The van der Waals surface area contributed by atoms with E-state index in [1.165, 1.54) is 0 Å². The molecule has 3 heteroatoms. The minimum Gasteiger partial charge on any atom is -0.330 e. The van der Waals surface area contributed by atoms with Crippen LogP contribution in [-0.4, -0.2) is 17.3 Å². The highest BCUT2D eigenvalue weighted by Gasteiger charge is 2.10. The van der Waals surface area contributed by atoms with Crippen LogP contribution in [0.1, 0.15) is 22.5 Å². The van der Waals surface area contributed by atoms with Gasteiger partial charge in [-0.25, -0.2) is 0 Å². The van der Waals surface area contributed by atoms with Crippen molar-refractivity contribution in [2.45, 2.75) is 13.3 Å². The summed E-state index contributed by atoms with van der Waals surface area (Å²) in [7, 11) is 0. The summed E-state index contributed by atoms with van der Waals surface area (Å²) in [5, 5.41) is 0.909. The Labute approximate surface area is 94.3 Å². The molecule has 0 atom stereocenters. The first-order chi connectivity index (χ1) is 7.72. The van der Waals surface area contributed by atoms with Crippen molar-refractivity contribution in [3.63, 3.8) is 0 Å². The van der Waals surface area contributed by atoms with Gasteiger partial charge in [0.25, 0.3) is 0 Å². The van der Waals surface area contributed by atoms with Gasteiger partial charge in [-0.1, -0.05) is 18.2 Å². The fourth-order valence-electron chi connectivity index (χ4n) is 1.80. The molecule has 2 N–H and O–H groups in total. The van der Waals surface area contributed by atoms with Crippen LogP contribution in [0.4, 0.5) is 0 Å². The maximum absolute atomic E-state index is 11.9. The van der Waals surface area contributed by atoms with Gasteiger partial charge in [-0.2, -0.15) is 0 Å². The Bertz CT molecular complexity index is 534. The minimum atomic E-state index is 0.0872. The summed E-state index contributed by atoms with van der Waals surface area (Å²) < 4.78 is 0. The molecule has 0 saturated heterocycles. The summed E-state index contributed by atoms with van der Waals surface area (Å²) in [6.45, 7) is 2.28. The largest absolute Gasteiger partial charge is 0.330 e. The highest BCUT2D eigenvalue weighted by atomic mass is 16.1. The number of nitrogens with two attached hydrogens (primary N) is 1. The first kappa shape index (κ1) is 10.8. The number of carbonyl (C=O) groups is 1. The zero-order valence-electron chi connectivity index (χ0n) is 9.23. The van der Waals surface area contributed by atoms with Gasteiger partial charge in [-0.15, -0.1) is 0 Å². The second kappa shape index (κ2) is 4.41. The van der Waals surface area contributed by atoms with Crippen molar-refractivity contribution < 1.29 is 4.79 Å². The lowest BCUT2D eigenvalue weighted by Gasteiger charge is -2.06. The molecule has 0 unspecified atom stereocenters. The Morgan fingerprint density at radius 1 is 1.38 bits per heavy atom. The number of hydrogen-bond acceptors (Lipinski definition) is 3. The Kier molecular flexibility index (Phi) is 2.97. The van der Waals surface area contributed by atoms with Gasteiger partial charge in [-0.05, 0) is 25.6 Å². The van der Waals surface area contributed by atoms with E-state index in [-0.39, 0.29) is 5.78 Å². The SMILES string of the molecule is Cc1cc(C(=O)CCN)c2ccccc2n1. The normalized spacial score (nSPS) is 10.6. The quantitative estimate of drug-likeness (QED) is 0.796. The van der Waals surface area contributed by atoms with E-state index in [9.17, 15) is 4.79 Å². The number of ketones is 1. The van der Waals surface area contributed by atoms with Crippen LogP contribution in [0.15, 0.2) is 30.3 Å². The number of para-hydroxylation sites is 1. The summed E-state index contributed by atoms with van der Waals surface area (Å²) in [5.41, 5.74) is 7.87. The van der Waals surface area contributed by atoms with E-state index in [4.69, 9.17) is 5.73 Å². The first-order valence-electron chi connectivity index (χ1n) is 5.32. The molecule has 2 aromatic rings. The van der Waals surface area contributed by atoms with Crippen LogP contribution in [0.25, 0.3) is 10.9 Å². The van der Waals surface area contributed by atoms with Crippen LogP contribution in [0.5, 0.6) is 0 Å². The first-order valence-corrected chi connectivity index (χ1v) is 5.32. The van der Waals surface area contributed by atoms with Crippen molar-refractivity contribution in [1.82, 2.24) is 4.98 Å². The number of rotatable bonds is 3. The van der Waals surface area contributed by atoms with Crippen molar-refractivity contribution in [2.24, 2.45) is 5.73 Å². The van der Waals surface area contributed by atoms with E-state index in [1.54, 1.807) is 0 Å². The highest BCUT2D eigenvalue weighted by molar-refractivity contribution is 6.07. The third-order valence-electron chi connectivity index (χ3n) is 2.52. The molecule has 0 bridgehead atoms. The zero-order valence-corrected chi connectivity index (χ0v) is 9.23. The van der Waals surface area contributed by atoms with Gasteiger partial charge in [0.2, 0.25) is 0 Å². The fourth-order valence-corrected chi connectivity index (χ4v) is 1.80. The zero-order chi connectivity index (χ0) is 11.5. The van der Waals surface area contributed by atoms with Crippen molar-refractivity contribution in [3.05, 3.63) is 41.6 Å². The van der Waals surface area contributed by atoms with Crippen LogP contribution in [0, 0.1) is 6.92 Å². The molecule has 1 aromatic carbocycles. The molecule has 0 aliphatic rings. The van der Waals surface area contributed by atoms with E-state index < -0.39 is 0 Å². The predicted octanol–water partition coefficient (Wildman–Crippen LogP) is 2.07. The molecule has 0 amide bonds. The molecule has 2 rings (SSSR count). The van der Waals surface area contributed by atoms with E-state index >= 15 is 0 Å². The number of pyridine rings is 1. The monoisotopic (exact) mass is 214 g/mol. The molecule has 16 heavy (non-hydrogen) atoms. The second-order valence-electron chi connectivity index (χ2n) is 3.79. The number of hydrogen-bond donors (Lipinski definition) is 1. The van der Waals surface area contributed by atoms with Crippen LogP contribution in [-0.2, 0) is 0 Å². The molecular formula is C13H14N2O. The molecule has 0 aliphatic heterocycles. The third-order valence-corrected chi connectivity index (χ3v) is 2.52. The molecule has 0 fully saturated rings. The van der Waals surface area contributed by atoms with Crippen LogP contribution < -0.4 is 5.73 Å². The van der Waals surface area contributed by atoms with Crippen LogP contribution >= 0.6 is 0 Å². The summed E-state index contributed by atoms with van der Waals surface area (Å²) >= 11 is 0. The maximum atomic E-state index is 11.9. The summed E-state index contributed by atoms with van der Waals surface area (Å²) in [5.74, 6) is 0.0872. The van der Waals surface area contributed by atoms with E-state index in [0.717, 1.165) is 22.2 Å². The van der Waals surface area contributed by atoms with Gasteiger partial charge in [-0.3, -0.25) is 9.78 Å². The van der Waals surface area contributed by atoms with Gasteiger partial charge in [0.15, 0.2) is 5.78 Å². The number of aromatic nitrogens is 1. The van der Waals surface area contributed by atoms with Crippen molar-refractivity contribution in [3.8, 4) is 0 Å². The Balaban J connectivity index is 2.63. The number of fused-ring (bicyclic) bond motifs is 1. The molecule has 3 nitrogen and oxygen atoms in total. The van der Waals surface area contributed by atoms with Gasteiger partial charge in [0.1, 0.15) is 0 Å². The molecule has 1 aromatic heterocycles. The van der Waals surface area contributed by atoms with Gasteiger partial charge in [0, 0.05) is 23.1 Å². The number of nitrogens with zero attached hydrogens (tertiary/aromatic N) is 1. The lowest BCUT2D eigenvalue weighted by atomic mass is 10.0. The van der Waals surface area contributed by atoms with Gasteiger partial charge in [0.05, 0.1) is 5.52 Å². The molecule has 0 spiro atoms. The molecule has 0 saturated carbocycles. The smallest absolute Gasteiger partial charge is 0.164 e. The average molecular weight is 214 g/mol. The molecule has 1 heterocycles. The van der Waals surface area contributed by atoms with E-state index in [2.05, 4.69) is 4.98 Å². The topological polar surface area (TPSA) is 56.0 Å². The Morgan fingerprint density at radius 3 is 2.88 bits per heavy atom. The highest BCUT2D eigenvalue weighted by Crippen LogP contribution is 2.19. The fraction of sp³-hybridized carbons (Fsp3) is 0.231. The Hall–Kier alpha value is -1.74. The summed E-state index contributed by atoms with van der Waals surface area (Å²) in [6.07, 6.45) is 0.382. The molecule has 0 aliphatic carbocycles. The number of carbonyl (C=O) groups excluding carboxylic acids is 1. The molecule has 0 radical (unpaired) electrons. The number of aryl methyl sites for hydroxylation is 1. The second-order valence-corrected chi connectivity index (χ2v) is 3.79. The maximum Gasteiger partial charge on any atom is 0.164 e.